The molecule has 0 spiro atoms. The predicted octanol–water partition coefficient (Wildman–Crippen LogP) is 5.11. The molecule has 5 rings (SSSR count). The van der Waals surface area contributed by atoms with Crippen molar-refractivity contribution in [1.29, 1.82) is 0 Å². The van der Waals surface area contributed by atoms with E-state index in [4.69, 9.17) is 37.8 Å². The van der Waals surface area contributed by atoms with Gasteiger partial charge in [-0.25, -0.2) is 5.01 Å². The van der Waals surface area contributed by atoms with Crippen molar-refractivity contribution >= 4 is 46.5 Å². The number of halogens is 2. The Balaban J connectivity index is 1.56. The quantitative estimate of drug-likeness (QED) is 0.368. The molecule has 3 aromatic carbocycles. The monoisotopic (exact) mass is 536 g/mol. The van der Waals surface area contributed by atoms with E-state index in [0.29, 0.717) is 44.7 Å². The Morgan fingerprint density at radius 3 is 2.43 bits per heavy atom. The van der Waals surface area contributed by atoms with Crippen molar-refractivity contribution in [3.63, 3.8) is 0 Å². The minimum Gasteiger partial charge on any atom is -0.495 e. The zero-order valence-electron chi connectivity index (χ0n) is 20.2. The molecule has 4 aromatic rings. The third kappa shape index (κ3) is 4.71. The van der Waals surface area contributed by atoms with Crippen molar-refractivity contribution in [2.75, 3.05) is 31.1 Å². The number of hydrazone groups is 1. The van der Waals surface area contributed by atoms with E-state index in [1.807, 2.05) is 47.9 Å². The normalized spacial score (nSPS) is 12.2. The second-order valence-electron chi connectivity index (χ2n) is 8.15. The van der Waals surface area contributed by atoms with Gasteiger partial charge in [0.05, 0.1) is 30.6 Å². The molecule has 2 heterocycles. The van der Waals surface area contributed by atoms with Gasteiger partial charge in [-0.15, -0.1) is 10.2 Å². The third-order valence-corrected chi connectivity index (χ3v) is 6.37. The number of hydrogen-bond donors (Lipinski definition) is 1. The number of para-hydroxylation sites is 1. The fourth-order valence-corrected chi connectivity index (χ4v) is 4.46. The molecule has 0 radical (unpaired) electrons. The summed E-state index contributed by atoms with van der Waals surface area (Å²) in [6.07, 6.45) is 0. The highest BCUT2D eigenvalue weighted by Crippen LogP contribution is 2.36. The number of methoxy groups -OCH3 is 2. The van der Waals surface area contributed by atoms with Crippen LogP contribution in [0, 0.1) is 6.92 Å². The van der Waals surface area contributed by atoms with Gasteiger partial charge in [0.2, 0.25) is 5.91 Å². The number of aryl methyl sites for hydroxylation is 1. The summed E-state index contributed by atoms with van der Waals surface area (Å²) in [5.41, 5.74) is 3.62. The van der Waals surface area contributed by atoms with Gasteiger partial charge in [-0.1, -0.05) is 53.5 Å². The second-order valence-corrected chi connectivity index (χ2v) is 8.99. The molecular formula is C26H22Cl2N6O3. The number of amides is 1. The molecule has 0 aliphatic carbocycles. The minimum atomic E-state index is -0.361. The van der Waals surface area contributed by atoms with E-state index in [2.05, 4.69) is 15.5 Å². The van der Waals surface area contributed by atoms with Gasteiger partial charge >= 0.3 is 0 Å². The summed E-state index contributed by atoms with van der Waals surface area (Å²) < 4.78 is 12.6. The number of aromatic nitrogens is 3. The molecular weight excluding hydrogens is 515 g/mol. The first kappa shape index (κ1) is 24.6. The Bertz CT molecular complexity index is 1520. The average molecular weight is 537 g/mol. The number of carbonyl (C=O) groups excluding carboxylic acids is 1. The molecule has 0 atom stereocenters. The average Bonchev–Trinajstić information content (AvgIpc) is 3.22. The van der Waals surface area contributed by atoms with Crippen LogP contribution in [0.2, 0.25) is 10.0 Å². The van der Waals surface area contributed by atoms with Gasteiger partial charge in [-0.2, -0.15) is 5.10 Å². The fraction of sp³-hybridized carbons (Fsp3) is 0.154. The molecule has 9 nitrogen and oxygen atoms in total. The lowest BCUT2D eigenvalue weighted by molar-refractivity contribution is -0.115. The van der Waals surface area contributed by atoms with Crippen LogP contribution in [-0.2, 0) is 4.79 Å². The number of carbonyl (C=O) groups is 1. The SMILES string of the molecule is COc1cc(NC(=O)CN2N=C(c3ccc(Cl)cc3)c3ccccc3-n3c(C)nnc32)c(OC)cc1Cl. The lowest BCUT2D eigenvalue weighted by Crippen LogP contribution is -2.31. The lowest BCUT2D eigenvalue weighted by Gasteiger charge is -2.18. The van der Waals surface area contributed by atoms with Crippen LogP contribution in [0.5, 0.6) is 11.5 Å². The zero-order chi connectivity index (χ0) is 26.1. The maximum Gasteiger partial charge on any atom is 0.252 e. The molecule has 0 fully saturated rings. The predicted molar refractivity (Wildman–Crippen MR) is 144 cm³/mol. The minimum absolute atomic E-state index is 0.155. The summed E-state index contributed by atoms with van der Waals surface area (Å²) in [5, 5.41) is 18.8. The van der Waals surface area contributed by atoms with Crippen LogP contribution in [0.3, 0.4) is 0 Å². The van der Waals surface area contributed by atoms with E-state index in [9.17, 15) is 4.79 Å². The summed E-state index contributed by atoms with van der Waals surface area (Å²) in [5.74, 6) is 1.50. The first-order chi connectivity index (χ1) is 17.9. The zero-order valence-corrected chi connectivity index (χ0v) is 21.7. The molecule has 0 saturated heterocycles. The molecule has 37 heavy (non-hydrogen) atoms. The van der Waals surface area contributed by atoms with Gasteiger partial charge in [-0.3, -0.25) is 9.36 Å². The molecule has 11 heteroatoms. The van der Waals surface area contributed by atoms with Gasteiger partial charge in [0, 0.05) is 28.3 Å². The summed E-state index contributed by atoms with van der Waals surface area (Å²) in [4.78, 5) is 13.3. The molecule has 0 saturated carbocycles. The number of ether oxygens (including phenoxy) is 2. The number of nitrogens with one attached hydrogen (secondary N) is 1. The van der Waals surface area contributed by atoms with E-state index in [1.165, 1.54) is 19.2 Å². The van der Waals surface area contributed by atoms with Crippen molar-refractivity contribution < 1.29 is 14.3 Å². The number of rotatable bonds is 6. The number of fused-ring (bicyclic) bond motifs is 3. The van der Waals surface area contributed by atoms with Gasteiger partial charge in [0.15, 0.2) is 0 Å². The number of nitrogens with zero attached hydrogens (tertiary/aromatic N) is 5. The Morgan fingerprint density at radius 2 is 1.70 bits per heavy atom. The van der Waals surface area contributed by atoms with Crippen LogP contribution in [0.25, 0.3) is 5.69 Å². The van der Waals surface area contributed by atoms with Crippen LogP contribution in [0.4, 0.5) is 11.6 Å². The molecule has 1 N–H and O–H groups in total. The number of benzene rings is 3. The van der Waals surface area contributed by atoms with E-state index in [-0.39, 0.29) is 12.5 Å². The molecule has 1 aliphatic heterocycles. The first-order valence-corrected chi connectivity index (χ1v) is 12.0. The van der Waals surface area contributed by atoms with E-state index >= 15 is 0 Å². The molecule has 0 bridgehead atoms. The van der Waals surface area contributed by atoms with Gasteiger partial charge < -0.3 is 14.8 Å². The van der Waals surface area contributed by atoms with Crippen LogP contribution in [0.15, 0.2) is 65.8 Å². The topological polar surface area (TPSA) is 93.9 Å². The van der Waals surface area contributed by atoms with Crippen molar-refractivity contribution in [2.24, 2.45) is 5.10 Å². The highest BCUT2D eigenvalue weighted by atomic mass is 35.5. The van der Waals surface area contributed by atoms with E-state index < -0.39 is 0 Å². The van der Waals surface area contributed by atoms with E-state index in [1.54, 1.807) is 24.3 Å². The highest BCUT2D eigenvalue weighted by Gasteiger charge is 2.28. The largest absolute Gasteiger partial charge is 0.495 e. The fourth-order valence-electron chi connectivity index (χ4n) is 4.10. The number of anilines is 2. The Kier molecular flexibility index (Phi) is 6.73. The van der Waals surface area contributed by atoms with Crippen molar-refractivity contribution in [3.8, 4) is 17.2 Å². The molecule has 1 aromatic heterocycles. The number of hydrogen-bond acceptors (Lipinski definition) is 7. The van der Waals surface area contributed by atoms with Gasteiger partial charge in [-0.05, 0) is 25.1 Å². The smallest absolute Gasteiger partial charge is 0.252 e. The maximum absolute atomic E-state index is 13.3. The first-order valence-electron chi connectivity index (χ1n) is 11.2. The van der Waals surface area contributed by atoms with Gasteiger partial charge in [0.25, 0.3) is 5.95 Å². The Morgan fingerprint density at radius 1 is 0.973 bits per heavy atom. The summed E-state index contributed by atoms with van der Waals surface area (Å²) in [6, 6.07) is 18.4. The second kappa shape index (κ2) is 10.1. The molecule has 0 unspecified atom stereocenters. The molecule has 1 aliphatic rings. The van der Waals surface area contributed by atoms with Crippen molar-refractivity contribution in [1.82, 2.24) is 14.8 Å². The highest BCUT2D eigenvalue weighted by molar-refractivity contribution is 6.32. The lowest BCUT2D eigenvalue weighted by atomic mass is 10.0. The maximum atomic E-state index is 13.3. The van der Waals surface area contributed by atoms with Crippen LogP contribution in [-0.4, -0.2) is 47.1 Å². The Labute approximate surface area is 223 Å². The van der Waals surface area contributed by atoms with Crippen LogP contribution < -0.4 is 19.8 Å². The third-order valence-electron chi connectivity index (χ3n) is 5.82. The van der Waals surface area contributed by atoms with Crippen molar-refractivity contribution in [2.45, 2.75) is 6.92 Å². The molecule has 1 amide bonds. The molecule has 188 valence electrons. The summed E-state index contributed by atoms with van der Waals surface area (Å²) in [7, 11) is 2.99. The van der Waals surface area contributed by atoms with Crippen molar-refractivity contribution in [3.05, 3.63) is 87.7 Å². The van der Waals surface area contributed by atoms with Crippen LogP contribution in [0.1, 0.15) is 17.0 Å². The Hall–Kier alpha value is -4.08. The van der Waals surface area contributed by atoms with Crippen LogP contribution >= 0.6 is 23.2 Å². The van der Waals surface area contributed by atoms with E-state index in [0.717, 1.165) is 16.8 Å². The van der Waals surface area contributed by atoms with Gasteiger partial charge in [0.1, 0.15) is 29.6 Å². The summed E-state index contributed by atoms with van der Waals surface area (Å²) >= 11 is 12.3. The standard InChI is InChI=1S/C26H22Cl2N6O3/c1-15-30-31-26-33(14-24(35)29-20-13-22(36-2)19(28)12-23(20)37-3)32-25(16-8-10-17(27)11-9-16)18-6-4-5-7-21(18)34(15)26/h4-13H,14H2,1-3H3,(H,29,35). The summed E-state index contributed by atoms with van der Waals surface area (Å²) in [6.45, 7) is 1.70.